The summed E-state index contributed by atoms with van der Waals surface area (Å²) in [6.45, 7) is 1.57. The Morgan fingerprint density at radius 2 is 1.97 bits per heavy atom. The number of anilines is 1. The molecule has 5 rings (SSSR count). The molecule has 1 aliphatic carbocycles. The first kappa shape index (κ1) is 23.1. The van der Waals surface area contributed by atoms with Gasteiger partial charge >= 0.3 is 0 Å². The number of fused-ring (bicyclic) bond motifs is 1. The Labute approximate surface area is 203 Å². The quantitative estimate of drug-likeness (QED) is 0.531. The number of carbonyl (C=O) groups excluding carboxylic acids is 1. The van der Waals surface area contributed by atoms with Gasteiger partial charge in [0.2, 0.25) is 10.0 Å². The summed E-state index contributed by atoms with van der Waals surface area (Å²) in [5.74, 6) is 0.139. The molecule has 2 fully saturated rings. The zero-order chi connectivity index (χ0) is 24.0. The Morgan fingerprint density at radius 3 is 2.56 bits per heavy atom. The molecule has 10 heteroatoms. The van der Waals surface area contributed by atoms with Crippen molar-refractivity contribution in [3.05, 3.63) is 52.7 Å². The maximum absolute atomic E-state index is 12.9. The summed E-state index contributed by atoms with van der Waals surface area (Å²) < 4.78 is 34.4. The smallest absolute Gasteiger partial charge is 0.270 e. The van der Waals surface area contributed by atoms with Crippen molar-refractivity contribution in [3.63, 3.8) is 0 Å². The number of amides is 1. The molecule has 0 radical (unpaired) electrons. The molecule has 3 aromatic rings. The Kier molecular flexibility index (Phi) is 6.03. The molecule has 0 spiro atoms. The SMILES string of the molecule is CNC(=O)c1c2cc(C3CC3)c(N(CC3CCOC3)S(C)(=O)=O)cc2nn1-c1ccc(Cl)cc1. The standard InChI is InChI=1S/C24H27ClN4O4S/c1-26-24(30)23-20-11-19(16-3-4-16)22(28(34(2,31)32)13-15-9-10-33-14-15)12-21(20)27-29(23)18-7-5-17(25)6-8-18/h5-8,11-12,15-16H,3-4,9-10,13-14H2,1-2H3,(H,26,30). The lowest BCUT2D eigenvalue weighted by Crippen LogP contribution is -2.35. The van der Waals surface area contributed by atoms with Crippen molar-refractivity contribution >= 4 is 44.1 Å². The molecule has 1 amide bonds. The van der Waals surface area contributed by atoms with E-state index in [2.05, 4.69) is 5.32 Å². The summed E-state index contributed by atoms with van der Waals surface area (Å²) in [5.41, 5.74) is 3.25. The Hall–Kier alpha value is -2.62. The van der Waals surface area contributed by atoms with Crippen LogP contribution in [0.3, 0.4) is 0 Å². The fourth-order valence-corrected chi connectivity index (χ4v) is 5.68. The van der Waals surface area contributed by atoms with Crippen LogP contribution in [-0.4, -0.2) is 57.2 Å². The monoisotopic (exact) mass is 502 g/mol. The van der Waals surface area contributed by atoms with Crippen LogP contribution >= 0.6 is 11.6 Å². The number of aromatic nitrogens is 2. The molecule has 1 saturated carbocycles. The van der Waals surface area contributed by atoms with Gasteiger partial charge in [0.25, 0.3) is 5.91 Å². The minimum atomic E-state index is -3.53. The van der Waals surface area contributed by atoms with E-state index >= 15 is 0 Å². The maximum atomic E-state index is 12.9. The van der Waals surface area contributed by atoms with Gasteiger partial charge in [-0.3, -0.25) is 9.10 Å². The molecule has 1 unspecified atom stereocenters. The summed E-state index contributed by atoms with van der Waals surface area (Å²) in [7, 11) is -1.95. The number of halogens is 1. The van der Waals surface area contributed by atoms with Crippen LogP contribution in [0.15, 0.2) is 36.4 Å². The number of benzene rings is 2. The van der Waals surface area contributed by atoms with E-state index in [4.69, 9.17) is 21.4 Å². The molecule has 2 aliphatic rings. The van der Waals surface area contributed by atoms with E-state index in [9.17, 15) is 13.2 Å². The van der Waals surface area contributed by atoms with E-state index in [0.717, 1.165) is 24.8 Å². The van der Waals surface area contributed by atoms with E-state index in [1.165, 1.54) is 10.6 Å². The van der Waals surface area contributed by atoms with E-state index < -0.39 is 10.0 Å². The normalized spacial score (nSPS) is 18.4. The molecule has 1 atom stereocenters. The van der Waals surface area contributed by atoms with Gasteiger partial charge in [0.05, 0.1) is 29.8 Å². The number of rotatable bonds is 7. The summed E-state index contributed by atoms with van der Waals surface area (Å²) in [6.07, 6.45) is 4.05. The van der Waals surface area contributed by atoms with Gasteiger partial charge in [-0.05, 0) is 67.1 Å². The van der Waals surface area contributed by atoms with E-state index in [1.54, 1.807) is 36.0 Å². The average Bonchev–Trinajstić information content (AvgIpc) is 3.39. The van der Waals surface area contributed by atoms with Crippen LogP contribution in [0.4, 0.5) is 5.69 Å². The van der Waals surface area contributed by atoms with Gasteiger partial charge in [0.15, 0.2) is 0 Å². The topological polar surface area (TPSA) is 93.5 Å². The summed E-state index contributed by atoms with van der Waals surface area (Å²) in [5, 5.41) is 8.71. The van der Waals surface area contributed by atoms with Gasteiger partial charge in [-0.1, -0.05) is 11.6 Å². The fraction of sp³-hybridized carbons (Fsp3) is 0.417. The van der Waals surface area contributed by atoms with Crippen molar-refractivity contribution in [3.8, 4) is 5.69 Å². The molecule has 2 heterocycles. The molecule has 0 bridgehead atoms. The second kappa shape index (κ2) is 8.87. The molecular weight excluding hydrogens is 476 g/mol. The van der Waals surface area contributed by atoms with Crippen LogP contribution in [0.25, 0.3) is 16.6 Å². The van der Waals surface area contributed by atoms with Gasteiger partial charge in [-0.25, -0.2) is 13.1 Å². The van der Waals surface area contributed by atoms with Crippen molar-refractivity contribution < 1.29 is 17.9 Å². The highest BCUT2D eigenvalue weighted by atomic mass is 35.5. The Morgan fingerprint density at radius 1 is 1.24 bits per heavy atom. The van der Waals surface area contributed by atoms with Crippen molar-refractivity contribution in [2.45, 2.75) is 25.2 Å². The van der Waals surface area contributed by atoms with Crippen LogP contribution < -0.4 is 9.62 Å². The molecule has 180 valence electrons. The van der Waals surface area contributed by atoms with Gasteiger partial charge in [0.1, 0.15) is 5.69 Å². The van der Waals surface area contributed by atoms with Crippen LogP contribution in [0, 0.1) is 5.92 Å². The highest BCUT2D eigenvalue weighted by Crippen LogP contribution is 2.47. The predicted molar refractivity (Wildman–Crippen MR) is 133 cm³/mol. The van der Waals surface area contributed by atoms with E-state index in [0.29, 0.717) is 52.8 Å². The zero-order valence-electron chi connectivity index (χ0n) is 19.1. The number of nitrogens with one attached hydrogen (secondary N) is 1. The average molecular weight is 503 g/mol. The van der Waals surface area contributed by atoms with Crippen LogP contribution in [0.5, 0.6) is 0 Å². The molecule has 8 nitrogen and oxygen atoms in total. The first-order valence-electron chi connectivity index (χ1n) is 11.4. The largest absolute Gasteiger partial charge is 0.381 e. The van der Waals surface area contributed by atoms with Crippen LogP contribution in [0.1, 0.15) is 41.2 Å². The molecule has 1 aromatic heterocycles. The first-order chi connectivity index (χ1) is 16.3. The lowest BCUT2D eigenvalue weighted by atomic mass is 10.0. The number of nitrogens with zero attached hydrogens (tertiary/aromatic N) is 3. The van der Waals surface area contributed by atoms with Gasteiger partial charge in [-0.15, -0.1) is 0 Å². The zero-order valence-corrected chi connectivity index (χ0v) is 20.7. The second-order valence-corrected chi connectivity index (χ2v) is 11.4. The predicted octanol–water partition coefficient (Wildman–Crippen LogP) is 3.72. The Bertz CT molecular complexity index is 1340. The van der Waals surface area contributed by atoms with Crippen molar-refractivity contribution in [1.29, 1.82) is 0 Å². The van der Waals surface area contributed by atoms with Gasteiger partial charge in [0, 0.05) is 36.5 Å². The molecule has 34 heavy (non-hydrogen) atoms. The van der Waals surface area contributed by atoms with E-state index in [1.807, 2.05) is 12.1 Å². The number of hydrogen-bond donors (Lipinski definition) is 1. The molecule has 1 N–H and O–H groups in total. The molecule has 1 aliphatic heterocycles. The third-order valence-corrected chi connectivity index (χ3v) is 7.87. The second-order valence-electron chi connectivity index (χ2n) is 9.04. The lowest BCUT2D eigenvalue weighted by molar-refractivity contribution is 0.0957. The number of sulfonamides is 1. The number of hydrogen-bond acceptors (Lipinski definition) is 5. The van der Waals surface area contributed by atoms with Gasteiger partial charge in [-0.2, -0.15) is 5.10 Å². The minimum absolute atomic E-state index is 0.144. The number of carbonyl (C=O) groups is 1. The van der Waals surface area contributed by atoms with Gasteiger partial charge < -0.3 is 10.1 Å². The van der Waals surface area contributed by atoms with Crippen molar-refractivity contribution in [2.24, 2.45) is 5.92 Å². The van der Waals surface area contributed by atoms with Crippen LogP contribution in [0.2, 0.25) is 5.02 Å². The van der Waals surface area contributed by atoms with Crippen LogP contribution in [-0.2, 0) is 14.8 Å². The minimum Gasteiger partial charge on any atom is -0.381 e. The summed E-state index contributed by atoms with van der Waals surface area (Å²) in [4.78, 5) is 12.9. The molecule has 1 saturated heterocycles. The number of ether oxygens (including phenoxy) is 1. The first-order valence-corrected chi connectivity index (χ1v) is 13.6. The molecular formula is C24H27ClN4O4S. The summed E-state index contributed by atoms with van der Waals surface area (Å²) >= 11 is 6.06. The highest BCUT2D eigenvalue weighted by Gasteiger charge is 2.34. The highest BCUT2D eigenvalue weighted by molar-refractivity contribution is 7.92. The van der Waals surface area contributed by atoms with Crippen molar-refractivity contribution in [2.75, 3.05) is 37.4 Å². The third-order valence-electron chi connectivity index (χ3n) is 6.47. The Balaban J connectivity index is 1.71. The maximum Gasteiger partial charge on any atom is 0.270 e. The fourth-order valence-electron chi connectivity index (χ4n) is 4.56. The van der Waals surface area contributed by atoms with Crippen molar-refractivity contribution in [1.82, 2.24) is 15.1 Å². The summed E-state index contributed by atoms with van der Waals surface area (Å²) in [6, 6.07) is 10.9. The lowest BCUT2D eigenvalue weighted by Gasteiger charge is -2.27. The molecule has 2 aromatic carbocycles. The third kappa shape index (κ3) is 4.39. The van der Waals surface area contributed by atoms with E-state index in [-0.39, 0.29) is 17.7 Å².